The van der Waals surface area contributed by atoms with E-state index in [-0.39, 0.29) is 11.3 Å². The number of hydrogen-bond acceptors (Lipinski definition) is 5. The van der Waals surface area contributed by atoms with Crippen LogP contribution in [0, 0.1) is 23.2 Å². The third kappa shape index (κ3) is 5.11. The summed E-state index contributed by atoms with van der Waals surface area (Å²) in [5, 5.41) is 40.6. The Morgan fingerprint density at radius 3 is 2.62 bits per heavy atom. The molecular formula is C27H42O5. The quantitative estimate of drug-likeness (QED) is 0.497. The number of hydrogen-bond donors (Lipinski definition) is 4. The van der Waals surface area contributed by atoms with Crippen LogP contribution in [0.25, 0.3) is 0 Å². The number of ketones is 1. The zero-order chi connectivity index (χ0) is 23.8. The summed E-state index contributed by atoms with van der Waals surface area (Å²) in [6.45, 7) is 11.4. The molecule has 180 valence electrons. The molecule has 0 bridgehead atoms. The van der Waals surface area contributed by atoms with Crippen molar-refractivity contribution in [1.29, 1.82) is 0 Å². The summed E-state index contributed by atoms with van der Waals surface area (Å²) in [7, 11) is 0. The van der Waals surface area contributed by atoms with Gasteiger partial charge in [-0.15, -0.1) is 0 Å². The molecule has 0 amide bonds. The van der Waals surface area contributed by atoms with E-state index in [0.29, 0.717) is 36.7 Å². The predicted octanol–water partition coefficient (Wildman–Crippen LogP) is 3.85. The van der Waals surface area contributed by atoms with Crippen LogP contribution < -0.4 is 0 Å². The van der Waals surface area contributed by atoms with Crippen molar-refractivity contribution in [3.05, 3.63) is 35.5 Å². The summed E-state index contributed by atoms with van der Waals surface area (Å²) >= 11 is 0. The summed E-state index contributed by atoms with van der Waals surface area (Å²) in [5.41, 5.74) is 1.69. The van der Waals surface area contributed by atoms with Gasteiger partial charge in [0.2, 0.25) is 0 Å². The van der Waals surface area contributed by atoms with E-state index in [0.717, 1.165) is 37.7 Å². The molecule has 3 saturated carbocycles. The molecule has 32 heavy (non-hydrogen) atoms. The Labute approximate surface area is 192 Å². The van der Waals surface area contributed by atoms with E-state index < -0.39 is 29.7 Å². The first-order valence-corrected chi connectivity index (χ1v) is 12.2. The Balaban J connectivity index is 1.75. The van der Waals surface area contributed by atoms with Crippen LogP contribution in [0.3, 0.4) is 0 Å². The zero-order valence-electron chi connectivity index (χ0n) is 20.2. The van der Waals surface area contributed by atoms with Gasteiger partial charge in [0.25, 0.3) is 0 Å². The lowest BCUT2D eigenvalue weighted by Crippen LogP contribution is -2.42. The fraction of sp³-hybridized carbons (Fsp3) is 0.741. The highest BCUT2D eigenvalue weighted by atomic mass is 16.3. The van der Waals surface area contributed by atoms with E-state index in [1.165, 1.54) is 19.4 Å². The van der Waals surface area contributed by atoms with Crippen molar-refractivity contribution in [3.63, 3.8) is 0 Å². The van der Waals surface area contributed by atoms with Gasteiger partial charge in [0.15, 0.2) is 5.78 Å². The van der Waals surface area contributed by atoms with Gasteiger partial charge in [0, 0.05) is 6.42 Å². The van der Waals surface area contributed by atoms with Crippen LogP contribution >= 0.6 is 0 Å². The van der Waals surface area contributed by atoms with Gasteiger partial charge in [-0.1, -0.05) is 38.2 Å². The molecule has 0 unspecified atom stereocenters. The molecule has 3 fully saturated rings. The van der Waals surface area contributed by atoms with Crippen LogP contribution in [0.2, 0.25) is 0 Å². The van der Waals surface area contributed by atoms with E-state index in [1.54, 1.807) is 0 Å². The highest BCUT2D eigenvalue weighted by molar-refractivity contribution is 5.89. The van der Waals surface area contributed by atoms with Crippen molar-refractivity contribution in [1.82, 2.24) is 0 Å². The monoisotopic (exact) mass is 446 g/mol. The van der Waals surface area contributed by atoms with Gasteiger partial charge in [-0.2, -0.15) is 0 Å². The fourth-order valence-corrected chi connectivity index (χ4v) is 6.71. The molecule has 3 rings (SSSR count). The summed E-state index contributed by atoms with van der Waals surface area (Å²) < 4.78 is 0. The molecule has 0 aromatic rings. The molecule has 0 spiro atoms. The smallest absolute Gasteiger partial charge is 0.192 e. The molecule has 3 aliphatic carbocycles. The van der Waals surface area contributed by atoms with Gasteiger partial charge in [-0.3, -0.25) is 4.79 Å². The van der Waals surface area contributed by atoms with Crippen LogP contribution in [0.4, 0.5) is 0 Å². The third-order valence-corrected chi connectivity index (χ3v) is 8.49. The maximum atomic E-state index is 12.3. The highest BCUT2D eigenvalue weighted by Crippen LogP contribution is 2.59. The van der Waals surface area contributed by atoms with Gasteiger partial charge in [-0.25, -0.2) is 0 Å². The van der Waals surface area contributed by atoms with Crippen molar-refractivity contribution >= 4 is 5.78 Å². The first-order valence-electron chi connectivity index (χ1n) is 12.2. The Kier molecular flexibility index (Phi) is 7.56. The molecular weight excluding hydrogens is 404 g/mol. The predicted molar refractivity (Wildman–Crippen MR) is 126 cm³/mol. The first kappa shape index (κ1) is 25.4. The van der Waals surface area contributed by atoms with Gasteiger partial charge in [0.1, 0.15) is 11.7 Å². The molecule has 0 aliphatic heterocycles. The summed E-state index contributed by atoms with van der Waals surface area (Å²) in [5.74, 6) is 0.570. The number of allylic oxidation sites excluding steroid dienone is 3. The fourth-order valence-electron chi connectivity index (χ4n) is 6.71. The molecule has 0 aromatic heterocycles. The summed E-state index contributed by atoms with van der Waals surface area (Å²) in [6, 6.07) is 0. The number of rotatable bonds is 6. The molecule has 0 saturated heterocycles. The second-order valence-electron chi connectivity index (χ2n) is 11.3. The van der Waals surface area contributed by atoms with E-state index >= 15 is 0 Å². The minimum atomic E-state index is -1.51. The molecule has 5 heteroatoms. The van der Waals surface area contributed by atoms with Crippen LogP contribution in [0.5, 0.6) is 0 Å². The standard InChI is InChI=1S/C27H42O5/c1-16(13-24(30)25(31)26(3,4)32)21-10-11-22-18(7-6-12-27(21,22)5)8-9-19-14-20(28)15-23(29)17(19)2/h8-9,16,20-24,28-30,32H,2,6-7,10-15H2,1,3-5H3/b18-8+,19-9-/t16-,20-,21-,22+,23+,24-,27-/m1/s1. The molecule has 0 radical (unpaired) electrons. The van der Waals surface area contributed by atoms with E-state index in [4.69, 9.17) is 0 Å². The Bertz CT molecular complexity index is 788. The van der Waals surface area contributed by atoms with Gasteiger partial charge >= 0.3 is 0 Å². The minimum Gasteiger partial charge on any atom is -0.393 e. The number of fused-ring (bicyclic) bond motifs is 1. The summed E-state index contributed by atoms with van der Waals surface area (Å²) in [6.07, 6.45) is 8.69. The topological polar surface area (TPSA) is 98.0 Å². The maximum Gasteiger partial charge on any atom is 0.192 e. The maximum absolute atomic E-state index is 12.3. The Morgan fingerprint density at radius 1 is 1.28 bits per heavy atom. The van der Waals surface area contributed by atoms with Crippen LogP contribution in [0.1, 0.15) is 79.1 Å². The molecule has 4 N–H and O–H groups in total. The highest BCUT2D eigenvalue weighted by Gasteiger charge is 2.51. The Morgan fingerprint density at radius 2 is 1.97 bits per heavy atom. The first-order chi connectivity index (χ1) is 14.8. The van der Waals surface area contributed by atoms with Crippen LogP contribution in [-0.4, -0.2) is 50.1 Å². The number of carbonyl (C=O) groups is 1. The van der Waals surface area contributed by atoms with Crippen molar-refractivity contribution in [2.24, 2.45) is 23.2 Å². The SMILES string of the molecule is C=C1/C(=C\C=C2/CCC[C@]3(C)[C@@H]([C@H](C)C[C@@H](O)C(=O)C(C)(C)O)CC[C@@H]23)C[C@@H](O)C[C@@H]1O. The van der Waals surface area contributed by atoms with Crippen molar-refractivity contribution in [3.8, 4) is 0 Å². The van der Waals surface area contributed by atoms with E-state index in [2.05, 4.69) is 32.6 Å². The van der Waals surface area contributed by atoms with Gasteiger partial charge in [0.05, 0.1) is 12.2 Å². The second-order valence-corrected chi connectivity index (χ2v) is 11.3. The van der Waals surface area contributed by atoms with Gasteiger partial charge < -0.3 is 20.4 Å². The minimum absolute atomic E-state index is 0.127. The zero-order valence-corrected chi connectivity index (χ0v) is 20.2. The molecule has 7 atom stereocenters. The number of Topliss-reactive ketones (excluding diaryl/α,β-unsaturated/α-hetero) is 1. The number of aliphatic hydroxyl groups is 4. The average molecular weight is 447 g/mol. The Hall–Kier alpha value is -1.27. The van der Waals surface area contributed by atoms with E-state index in [1.807, 2.05) is 0 Å². The normalized spacial score (nSPS) is 38.1. The number of aliphatic hydroxyl groups excluding tert-OH is 3. The average Bonchev–Trinajstić information content (AvgIpc) is 3.05. The van der Waals surface area contributed by atoms with Gasteiger partial charge in [-0.05, 0) is 93.1 Å². The largest absolute Gasteiger partial charge is 0.393 e. The van der Waals surface area contributed by atoms with Crippen molar-refractivity contribution < 1.29 is 25.2 Å². The molecule has 0 heterocycles. The van der Waals surface area contributed by atoms with Crippen LogP contribution in [-0.2, 0) is 4.79 Å². The van der Waals surface area contributed by atoms with Crippen LogP contribution in [0.15, 0.2) is 35.5 Å². The second kappa shape index (κ2) is 9.54. The third-order valence-electron chi connectivity index (χ3n) is 8.49. The lowest BCUT2D eigenvalue weighted by molar-refractivity contribution is -0.144. The molecule has 5 nitrogen and oxygen atoms in total. The molecule has 0 aromatic carbocycles. The number of carbonyl (C=O) groups excluding carboxylic acids is 1. The van der Waals surface area contributed by atoms with E-state index in [9.17, 15) is 25.2 Å². The van der Waals surface area contributed by atoms with Crippen molar-refractivity contribution in [2.45, 2.75) is 103 Å². The molecule has 3 aliphatic rings. The lowest BCUT2D eigenvalue weighted by Gasteiger charge is -2.44. The lowest BCUT2D eigenvalue weighted by atomic mass is 9.60. The van der Waals surface area contributed by atoms with Crippen molar-refractivity contribution in [2.75, 3.05) is 0 Å². The summed E-state index contributed by atoms with van der Waals surface area (Å²) in [4.78, 5) is 12.3.